The van der Waals surface area contributed by atoms with Crippen molar-refractivity contribution in [1.82, 2.24) is 24.8 Å². The molecule has 1 saturated carbocycles. The van der Waals surface area contributed by atoms with E-state index in [1.807, 2.05) is 0 Å². The van der Waals surface area contributed by atoms with E-state index in [1.54, 1.807) is 4.57 Å². The first-order valence-corrected chi connectivity index (χ1v) is 7.35. The molecular weight excluding hydrogens is 294 g/mol. The molecule has 8 heteroatoms. The van der Waals surface area contributed by atoms with Crippen LogP contribution in [0.25, 0.3) is 11.2 Å². The Morgan fingerprint density at radius 3 is 3.00 bits per heavy atom. The van der Waals surface area contributed by atoms with Gasteiger partial charge in [-0.25, -0.2) is 9.97 Å². The smallest absolute Gasteiger partial charge is 0.245 e. The molecule has 2 aromatic heterocycles. The fourth-order valence-electron chi connectivity index (χ4n) is 2.20. The number of hydrogen-bond acceptors (Lipinski definition) is 5. The molecule has 2 heterocycles. The lowest BCUT2D eigenvalue weighted by Crippen LogP contribution is -2.30. The minimum Gasteiger partial charge on any atom is -0.479 e. The highest BCUT2D eigenvalue weighted by molar-refractivity contribution is 6.17. The molecule has 2 aromatic rings. The first-order valence-electron chi connectivity index (χ1n) is 6.82. The normalized spacial score (nSPS) is 14.4. The fraction of sp³-hybridized carbons (Fsp3) is 0.538. The number of rotatable bonds is 6. The second-order valence-corrected chi connectivity index (χ2v) is 5.33. The number of methoxy groups -OCH3 is 1. The largest absolute Gasteiger partial charge is 0.479 e. The molecule has 1 amide bonds. The van der Waals surface area contributed by atoms with E-state index in [9.17, 15) is 4.79 Å². The van der Waals surface area contributed by atoms with Crippen LogP contribution in [-0.2, 0) is 17.8 Å². The van der Waals surface area contributed by atoms with Crippen LogP contribution < -0.4 is 10.1 Å². The number of hydrogen-bond donors (Lipinski definition) is 1. The van der Waals surface area contributed by atoms with Crippen molar-refractivity contribution in [2.45, 2.75) is 31.8 Å². The summed E-state index contributed by atoms with van der Waals surface area (Å²) in [7, 11) is 1.53. The molecule has 1 fully saturated rings. The highest BCUT2D eigenvalue weighted by Gasteiger charge is 2.24. The highest BCUT2D eigenvalue weighted by atomic mass is 35.5. The number of aromatic nitrogens is 4. The molecule has 0 aromatic carbocycles. The van der Waals surface area contributed by atoms with Gasteiger partial charge >= 0.3 is 0 Å². The minimum absolute atomic E-state index is 0.0369. The second kappa shape index (κ2) is 5.85. The van der Waals surface area contributed by atoms with Gasteiger partial charge in [-0.1, -0.05) is 0 Å². The Hall–Kier alpha value is -1.89. The van der Waals surface area contributed by atoms with Gasteiger partial charge in [-0.15, -0.1) is 11.6 Å². The first kappa shape index (κ1) is 14.1. The van der Waals surface area contributed by atoms with Crippen LogP contribution in [0.2, 0.25) is 0 Å². The summed E-state index contributed by atoms with van der Waals surface area (Å²) in [4.78, 5) is 24.8. The van der Waals surface area contributed by atoms with Gasteiger partial charge in [0.2, 0.25) is 11.8 Å². The van der Waals surface area contributed by atoms with Crippen molar-refractivity contribution in [1.29, 1.82) is 0 Å². The van der Waals surface area contributed by atoms with Crippen molar-refractivity contribution in [3.8, 4) is 5.88 Å². The summed E-state index contributed by atoms with van der Waals surface area (Å²) >= 11 is 5.82. The zero-order valence-corrected chi connectivity index (χ0v) is 12.4. The molecular formula is C13H16ClN5O2. The Morgan fingerprint density at radius 2 is 2.33 bits per heavy atom. The number of halogens is 1. The topological polar surface area (TPSA) is 81.9 Å². The average molecular weight is 310 g/mol. The quantitative estimate of drug-likeness (QED) is 0.802. The van der Waals surface area contributed by atoms with Gasteiger partial charge in [-0.05, 0) is 12.8 Å². The predicted molar refractivity (Wildman–Crippen MR) is 77.5 cm³/mol. The van der Waals surface area contributed by atoms with Crippen molar-refractivity contribution >= 4 is 28.7 Å². The van der Waals surface area contributed by atoms with Crippen LogP contribution in [-0.4, -0.2) is 44.5 Å². The summed E-state index contributed by atoms with van der Waals surface area (Å²) < 4.78 is 6.97. The summed E-state index contributed by atoms with van der Waals surface area (Å²) in [6.07, 6.45) is 4.07. The molecule has 0 atom stereocenters. The molecule has 1 aliphatic carbocycles. The van der Waals surface area contributed by atoms with Crippen LogP contribution in [0.1, 0.15) is 18.7 Å². The molecule has 0 radical (unpaired) electrons. The molecule has 7 nitrogen and oxygen atoms in total. The van der Waals surface area contributed by atoms with E-state index >= 15 is 0 Å². The second-order valence-electron chi connectivity index (χ2n) is 4.95. The average Bonchev–Trinajstić information content (AvgIpc) is 3.22. The van der Waals surface area contributed by atoms with Gasteiger partial charge in [0.25, 0.3) is 0 Å². The summed E-state index contributed by atoms with van der Waals surface area (Å²) in [5.74, 6) is 1.50. The van der Waals surface area contributed by atoms with E-state index in [0.717, 1.165) is 12.8 Å². The third-order valence-electron chi connectivity index (χ3n) is 3.33. The maximum absolute atomic E-state index is 12.0. The number of aryl methyl sites for hydroxylation is 1. The maximum atomic E-state index is 12.0. The number of fused-ring (bicyclic) bond motifs is 1. The van der Waals surface area contributed by atoms with E-state index in [-0.39, 0.29) is 12.5 Å². The van der Waals surface area contributed by atoms with Crippen LogP contribution in [0.5, 0.6) is 5.88 Å². The van der Waals surface area contributed by atoms with Crippen molar-refractivity contribution in [3.63, 3.8) is 0 Å². The molecule has 1 N–H and O–H groups in total. The number of carbonyl (C=O) groups is 1. The highest BCUT2D eigenvalue weighted by Crippen LogP contribution is 2.23. The van der Waals surface area contributed by atoms with Crippen LogP contribution in [0.15, 0.2) is 6.33 Å². The van der Waals surface area contributed by atoms with Crippen molar-refractivity contribution < 1.29 is 9.53 Å². The van der Waals surface area contributed by atoms with Gasteiger partial charge in [-0.2, -0.15) is 4.98 Å². The van der Waals surface area contributed by atoms with Gasteiger partial charge in [-0.3, -0.25) is 4.79 Å². The van der Waals surface area contributed by atoms with E-state index < -0.39 is 0 Å². The third-order valence-corrected chi connectivity index (χ3v) is 3.52. The van der Waals surface area contributed by atoms with Crippen LogP contribution >= 0.6 is 11.6 Å². The Balaban J connectivity index is 1.96. The SMILES string of the molecule is COc1ncnc2c1nc(CCCl)n2CC(=O)NC1CC1. The zero-order chi connectivity index (χ0) is 14.8. The van der Waals surface area contributed by atoms with E-state index in [1.165, 1.54) is 13.4 Å². The van der Waals surface area contributed by atoms with E-state index in [4.69, 9.17) is 16.3 Å². The molecule has 21 heavy (non-hydrogen) atoms. The summed E-state index contributed by atoms with van der Waals surface area (Å²) in [5, 5.41) is 2.96. The van der Waals surface area contributed by atoms with Gasteiger partial charge in [0.1, 0.15) is 18.7 Å². The number of nitrogens with one attached hydrogen (secondary N) is 1. The number of amides is 1. The molecule has 3 rings (SSSR count). The molecule has 0 unspecified atom stereocenters. The molecule has 0 spiro atoms. The Morgan fingerprint density at radius 1 is 1.52 bits per heavy atom. The fourth-order valence-corrected chi connectivity index (χ4v) is 2.37. The predicted octanol–water partition coefficient (Wildman–Crippen LogP) is 0.895. The molecule has 0 aliphatic heterocycles. The lowest BCUT2D eigenvalue weighted by Gasteiger charge is -2.08. The first-order chi connectivity index (χ1) is 10.2. The monoisotopic (exact) mass is 309 g/mol. The van der Waals surface area contributed by atoms with Crippen LogP contribution in [0.4, 0.5) is 0 Å². The van der Waals surface area contributed by atoms with E-state index in [0.29, 0.717) is 41.2 Å². The lowest BCUT2D eigenvalue weighted by molar-refractivity contribution is -0.121. The summed E-state index contributed by atoms with van der Waals surface area (Å²) in [6.45, 7) is 0.180. The lowest BCUT2D eigenvalue weighted by atomic mass is 10.4. The number of alkyl halides is 1. The van der Waals surface area contributed by atoms with Crippen LogP contribution in [0.3, 0.4) is 0 Å². The number of imidazole rings is 1. The van der Waals surface area contributed by atoms with Gasteiger partial charge in [0.15, 0.2) is 11.2 Å². The standard InChI is InChI=1S/C13H16ClN5O2/c1-21-13-11-12(15-7-16-13)19(9(18-11)4-5-14)6-10(20)17-8-2-3-8/h7-8H,2-6H2,1H3,(H,17,20). The maximum Gasteiger partial charge on any atom is 0.245 e. The van der Waals surface area contributed by atoms with Gasteiger partial charge in [0, 0.05) is 18.3 Å². The van der Waals surface area contributed by atoms with E-state index in [2.05, 4.69) is 20.3 Å². The van der Waals surface area contributed by atoms with Gasteiger partial charge < -0.3 is 14.6 Å². The molecule has 0 saturated heterocycles. The van der Waals surface area contributed by atoms with Crippen LogP contribution in [0, 0.1) is 0 Å². The third kappa shape index (κ3) is 2.92. The van der Waals surface area contributed by atoms with Crippen molar-refractivity contribution in [2.24, 2.45) is 0 Å². The van der Waals surface area contributed by atoms with Crippen molar-refractivity contribution in [3.05, 3.63) is 12.2 Å². The van der Waals surface area contributed by atoms with Gasteiger partial charge in [0.05, 0.1) is 7.11 Å². The Kier molecular flexibility index (Phi) is 3.92. The number of nitrogens with zero attached hydrogens (tertiary/aromatic N) is 4. The molecule has 1 aliphatic rings. The zero-order valence-electron chi connectivity index (χ0n) is 11.7. The Bertz CT molecular complexity index is 668. The Labute approximate surface area is 126 Å². The van der Waals surface area contributed by atoms with Crippen molar-refractivity contribution in [2.75, 3.05) is 13.0 Å². The summed E-state index contributed by atoms with van der Waals surface area (Å²) in [6, 6.07) is 0.327. The summed E-state index contributed by atoms with van der Waals surface area (Å²) in [5.41, 5.74) is 1.15. The molecule has 0 bridgehead atoms. The number of carbonyl (C=O) groups excluding carboxylic acids is 1. The molecule has 112 valence electrons. The number of ether oxygens (including phenoxy) is 1. The minimum atomic E-state index is -0.0369.